The molecule has 0 unspecified atom stereocenters. The molecular weight excluding hydrogens is 279 g/mol. The average molecular weight is 296 g/mol. The molecule has 0 saturated heterocycles. The summed E-state index contributed by atoms with van der Waals surface area (Å²) >= 11 is 0. The maximum absolute atomic E-state index is 14.0. The fraction of sp³-hybridized carbons (Fsp3) is 0.263. The number of aryl methyl sites for hydroxylation is 1. The lowest BCUT2D eigenvalue weighted by Crippen LogP contribution is -2.21. The highest BCUT2D eigenvalue weighted by atomic mass is 19.1. The molecule has 22 heavy (non-hydrogen) atoms. The highest BCUT2D eigenvalue weighted by Gasteiger charge is 2.27. The van der Waals surface area contributed by atoms with Gasteiger partial charge in [-0.05, 0) is 30.0 Å². The van der Waals surface area contributed by atoms with E-state index in [0.717, 1.165) is 16.7 Å². The summed E-state index contributed by atoms with van der Waals surface area (Å²) in [6.45, 7) is 1.94. The number of halogens is 1. The summed E-state index contributed by atoms with van der Waals surface area (Å²) in [6, 6.07) is 12.5. The van der Waals surface area contributed by atoms with Gasteiger partial charge in [0.25, 0.3) is 0 Å². The Morgan fingerprint density at radius 3 is 2.36 bits per heavy atom. The van der Waals surface area contributed by atoms with Crippen LogP contribution in [0.1, 0.15) is 36.3 Å². The molecule has 2 nitrogen and oxygen atoms in total. The van der Waals surface area contributed by atoms with Gasteiger partial charge in [-0.3, -0.25) is 9.59 Å². The second-order valence-electron chi connectivity index (χ2n) is 5.97. The maximum Gasteiger partial charge on any atom is 0.140 e. The highest BCUT2D eigenvalue weighted by Crippen LogP contribution is 2.33. The SMILES string of the molecule is Cc1cc(-c2ccccc2F)cc(C2CC(=O)CC(=O)C2)c1. The lowest BCUT2D eigenvalue weighted by Gasteiger charge is -2.21. The van der Waals surface area contributed by atoms with Gasteiger partial charge in [-0.2, -0.15) is 0 Å². The molecule has 0 N–H and O–H groups in total. The van der Waals surface area contributed by atoms with E-state index in [1.165, 1.54) is 6.07 Å². The Morgan fingerprint density at radius 2 is 1.68 bits per heavy atom. The zero-order valence-corrected chi connectivity index (χ0v) is 12.4. The predicted octanol–water partition coefficient (Wildman–Crippen LogP) is 4.21. The van der Waals surface area contributed by atoms with E-state index in [1.54, 1.807) is 18.2 Å². The predicted molar refractivity (Wildman–Crippen MR) is 83.2 cm³/mol. The second-order valence-corrected chi connectivity index (χ2v) is 5.97. The van der Waals surface area contributed by atoms with Gasteiger partial charge < -0.3 is 0 Å². The minimum atomic E-state index is -0.269. The van der Waals surface area contributed by atoms with E-state index >= 15 is 0 Å². The Kier molecular flexibility index (Phi) is 3.88. The summed E-state index contributed by atoms with van der Waals surface area (Å²) in [5.74, 6) is -0.362. The van der Waals surface area contributed by atoms with E-state index in [1.807, 2.05) is 25.1 Å². The molecule has 112 valence electrons. The van der Waals surface area contributed by atoms with E-state index in [2.05, 4.69) is 0 Å². The van der Waals surface area contributed by atoms with Crippen molar-refractivity contribution >= 4 is 11.6 Å². The molecule has 0 radical (unpaired) electrons. The zero-order chi connectivity index (χ0) is 15.7. The number of carbonyl (C=O) groups excluding carboxylic acids is 2. The summed E-state index contributed by atoms with van der Waals surface area (Å²) in [5, 5.41) is 0. The standard InChI is InChI=1S/C19H17FO2/c1-12-6-13(14-9-16(21)11-17(22)10-14)8-15(7-12)18-4-2-3-5-19(18)20/h2-8,14H,9-11H2,1H3. The molecule has 3 heteroatoms. The third kappa shape index (κ3) is 2.98. The van der Waals surface area contributed by atoms with E-state index in [0.29, 0.717) is 18.4 Å². The third-order valence-corrected chi connectivity index (χ3v) is 4.10. The molecule has 1 fully saturated rings. The van der Waals surface area contributed by atoms with Crippen molar-refractivity contribution in [3.05, 3.63) is 59.4 Å². The summed E-state index contributed by atoms with van der Waals surface area (Å²) in [6.07, 6.45) is 0.848. The first-order valence-electron chi connectivity index (χ1n) is 7.43. The minimum Gasteiger partial charge on any atom is -0.299 e. The molecule has 0 aliphatic heterocycles. The number of ketones is 2. The molecule has 1 saturated carbocycles. The van der Waals surface area contributed by atoms with Gasteiger partial charge in [-0.25, -0.2) is 4.39 Å². The van der Waals surface area contributed by atoms with Crippen molar-refractivity contribution < 1.29 is 14.0 Å². The number of Topliss-reactive ketones (excluding diaryl/α,β-unsaturated/α-hetero) is 2. The Morgan fingerprint density at radius 1 is 1.00 bits per heavy atom. The second kappa shape index (κ2) is 5.84. The van der Waals surface area contributed by atoms with Gasteiger partial charge in [0.15, 0.2) is 0 Å². The Hall–Kier alpha value is -2.29. The molecule has 0 aromatic heterocycles. The zero-order valence-electron chi connectivity index (χ0n) is 12.4. The molecular formula is C19H17FO2. The Bertz CT molecular complexity index is 733. The summed E-state index contributed by atoms with van der Waals surface area (Å²) in [7, 11) is 0. The van der Waals surface area contributed by atoms with E-state index in [4.69, 9.17) is 0 Å². The van der Waals surface area contributed by atoms with Crippen LogP contribution >= 0.6 is 0 Å². The first kappa shape index (κ1) is 14.6. The van der Waals surface area contributed by atoms with Crippen LogP contribution in [0.3, 0.4) is 0 Å². The first-order chi connectivity index (χ1) is 10.5. The molecule has 2 aromatic carbocycles. The van der Waals surface area contributed by atoms with Crippen LogP contribution in [0.2, 0.25) is 0 Å². The van der Waals surface area contributed by atoms with Gasteiger partial charge in [-0.1, -0.05) is 42.0 Å². The van der Waals surface area contributed by atoms with Gasteiger partial charge in [0, 0.05) is 18.4 Å². The maximum atomic E-state index is 14.0. The van der Waals surface area contributed by atoms with Crippen LogP contribution in [0.5, 0.6) is 0 Å². The first-order valence-corrected chi connectivity index (χ1v) is 7.43. The van der Waals surface area contributed by atoms with Crippen molar-refractivity contribution in [1.29, 1.82) is 0 Å². The van der Waals surface area contributed by atoms with Gasteiger partial charge in [0.05, 0.1) is 6.42 Å². The lowest BCUT2D eigenvalue weighted by molar-refractivity contribution is -0.130. The van der Waals surface area contributed by atoms with Crippen LogP contribution in [0.4, 0.5) is 4.39 Å². The van der Waals surface area contributed by atoms with E-state index in [-0.39, 0.29) is 29.7 Å². The molecule has 0 bridgehead atoms. The average Bonchev–Trinajstić information content (AvgIpc) is 2.46. The largest absolute Gasteiger partial charge is 0.299 e. The topological polar surface area (TPSA) is 34.1 Å². The molecule has 0 atom stereocenters. The Balaban J connectivity index is 2.02. The van der Waals surface area contributed by atoms with Gasteiger partial charge in [0.2, 0.25) is 0 Å². The number of rotatable bonds is 2. The van der Waals surface area contributed by atoms with Crippen LogP contribution in [-0.2, 0) is 9.59 Å². The Labute approximate surface area is 129 Å². The summed E-state index contributed by atoms with van der Waals surface area (Å²) < 4.78 is 14.0. The fourth-order valence-corrected chi connectivity index (χ4v) is 3.12. The highest BCUT2D eigenvalue weighted by molar-refractivity contribution is 6.02. The molecule has 3 rings (SSSR count). The van der Waals surface area contributed by atoms with Crippen molar-refractivity contribution in [2.45, 2.75) is 32.1 Å². The van der Waals surface area contributed by atoms with Crippen LogP contribution in [0, 0.1) is 12.7 Å². The number of hydrogen-bond donors (Lipinski definition) is 0. The lowest BCUT2D eigenvalue weighted by atomic mass is 9.81. The molecule has 2 aromatic rings. The van der Waals surface area contributed by atoms with Crippen LogP contribution in [0.15, 0.2) is 42.5 Å². The molecule has 1 aliphatic carbocycles. The molecule has 0 heterocycles. The van der Waals surface area contributed by atoms with E-state index < -0.39 is 0 Å². The smallest absolute Gasteiger partial charge is 0.140 e. The van der Waals surface area contributed by atoms with E-state index in [9.17, 15) is 14.0 Å². The number of hydrogen-bond acceptors (Lipinski definition) is 2. The van der Waals surface area contributed by atoms with Crippen LogP contribution < -0.4 is 0 Å². The number of carbonyl (C=O) groups is 2. The number of benzene rings is 2. The minimum absolute atomic E-state index is 0.00445. The molecule has 0 amide bonds. The van der Waals surface area contributed by atoms with Gasteiger partial charge in [-0.15, -0.1) is 0 Å². The van der Waals surface area contributed by atoms with Crippen LogP contribution in [-0.4, -0.2) is 11.6 Å². The molecule has 1 aliphatic rings. The van der Waals surface area contributed by atoms with Crippen molar-refractivity contribution in [2.24, 2.45) is 0 Å². The van der Waals surface area contributed by atoms with Gasteiger partial charge in [0.1, 0.15) is 17.4 Å². The van der Waals surface area contributed by atoms with Crippen molar-refractivity contribution in [2.75, 3.05) is 0 Å². The van der Waals surface area contributed by atoms with Gasteiger partial charge >= 0.3 is 0 Å². The normalized spacial score (nSPS) is 16.1. The van der Waals surface area contributed by atoms with Crippen molar-refractivity contribution in [3.8, 4) is 11.1 Å². The fourth-order valence-electron chi connectivity index (χ4n) is 3.12. The third-order valence-electron chi connectivity index (χ3n) is 4.10. The monoisotopic (exact) mass is 296 g/mol. The van der Waals surface area contributed by atoms with Crippen molar-refractivity contribution in [1.82, 2.24) is 0 Å². The molecule has 0 spiro atoms. The quantitative estimate of drug-likeness (QED) is 0.778. The summed E-state index contributed by atoms with van der Waals surface area (Å²) in [5.41, 5.74) is 3.28. The summed E-state index contributed by atoms with van der Waals surface area (Å²) in [4.78, 5) is 23.3. The van der Waals surface area contributed by atoms with Crippen LogP contribution in [0.25, 0.3) is 11.1 Å². The van der Waals surface area contributed by atoms with Crippen molar-refractivity contribution in [3.63, 3.8) is 0 Å².